The predicted octanol–water partition coefficient (Wildman–Crippen LogP) is 1.13. The molecule has 0 aliphatic rings. The molecule has 4 nitrogen and oxygen atoms in total. The van der Waals surface area contributed by atoms with Gasteiger partial charge in [0, 0.05) is 19.3 Å². The van der Waals surface area contributed by atoms with Crippen molar-refractivity contribution in [1.82, 2.24) is 9.88 Å². The third-order valence-corrected chi connectivity index (χ3v) is 2.34. The average Bonchev–Trinajstić information content (AvgIpc) is 2.20. The van der Waals surface area contributed by atoms with E-state index in [0.29, 0.717) is 24.1 Å². The first-order chi connectivity index (χ1) is 7.15. The van der Waals surface area contributed by atoms with Gasteiger partial charge in [-0.2, -0.15) is 0 Å². The monoisotopic (exact) mass is 229 g/mol. The van der Waals surface area contributed by atoms with Gasteiger partial charge in [-0.05, 0) is 25.7 Å². The molecule has 0 saturated carbocycles. The molecule has 1 aromatic rings. The molecule has 2 N–H and O–H groups in total. The molecular weight excluding hydrogens is 214 g/mol. The van der Waals surface area contributed by atoms with E-state index in [-0.39, 0.29) is 0 Å². The summed E-state index contributed by atoms with van der Waals surface area (Å²) in [5.41, 5.74) is 6.37. The van der Waals surface area contributed by atoms with Crippen molar-refractivity contribution < 1.29 is 4.74 Å². The summed E-state index contributed by atoms with van der Waals surface area (Å²) in [6, 6.07) is 1.79. The van der Waals surface area contributed by atoms with Crippen molar-refractivity contribution >= 4 is 11.6 Å². The zero-order valence-electron chi connectivity index (χ0n) is 9.03. The lowest BCUT2D eigenvalue weighted by atomic mass is 10.3. The Morgan fingerprint density at radius 3 is 2.87 bits per heavy atom. The Kier molecular flexibility index (Phi) is 4.81. The number of aromatic nitrogens is 1. The number of rotatable bonds is 5. The second-order valence-corrected chi connectivity index (χ2v) is 3.82. The van der Waals surface area contributed by atoms with Crippen LogP contribution in [0.5, 0.6) is 5.88 Å². The second-order valence-electron chi connectivity index (χ2n) is 3.45. The number of hydrogen-bond acceptors (Lipinski definition) is 4. The van der Waals surface area contributed by atoms with Gasteiger partial charge in [0.05, 0.1) is 0 Å². The van der Waals surface area contributed by atoms with Gasteiger partial charge in [-0.3, -0.25) is 0 Å². The second kappa shape index (κ2) is 5.90. The molecule has 0 atom stereocenters. The van der Waals surface area contributed by atoms with Crippen molar-refractivity contribution in [2.45, 2.75) is 6.54 Å². The molecular formula is C10H16ClN3O. The Balaban J connectivity index is 2.61. The van der Waals surface area contributed by atoms with E-state index in [1.165, 1.54) is 0 Å². The standard InChI is InChI=1S/C10H16ClN3O/c1-14(2)5-6-15-10-9(11)8(7-12)3-4-13-10/h3-4H,5-7,12H2,1-2H3. The summed E-state index contributed by atoms with van der Waals surface area (Å²) in [4.78, 5) is 6.08. The summed E-state index contributed by atoms with van der Waals surface area (Å²) in [5.74, 6) is 0.460. The van der Waals surface area contributed by atoms with Gasteiger partial charge < -0.3 is 15.4 Å². The molecule has 0 amide bonds. The van der Waals surface area contributed by atoms with E-state index in [1.54, 1.807) is 12.3 Å². The molecule has 0 bridgehead atoms. The van der Waals surface area contributed by atoms with E-state index < -0.39 is 0 Å². The summed E-state index contributed by atoms with van der Waals surface area (Å²) >= 11 is 6.04. The summed E-state index contributed by atoms with van der Waals surface area (Å²) < 4.78 is 5.45. The molecule has 84 valence electrons. The maximum Gasteiger partial charge on any atom is 0.232 e. The normalized spacial score (nSPS) is 10.7. The van der Waals surface area contributed by atoms with Gasteiger partial charge >= 0.3 is 0 Å². The van der Waals surface area contributed by atoms with E-state index in [2.05, 4.69) is 4.98 Å². The molecule has 0 spiro atoms. The van der Waals surface area contributed by atoms with Crippen LogP contribution < -0.4 is 10.5 Å². The first-order valence-electron chi connectivity index (χ1n) is 4.76. The van der Waals surface area contributed by atoms with Gasteiger partial charge in [0.15, 0.2) is 0 Å². The number of halogens is 1. The lowest BCUT2D eigenvalue weighted by Crippen LogP contribution is -2.19. The van der Waals surface area contributed by atoms with Gasteiger partial charge in [0.25, 0.3) is 0 Å². The van der Waals surface area contributed by atoms with Gasteiger partial charge in [0.1, 0.15) is 11.6 Å². The molecule has 0 fully saturated rings. The minimum Gasteiger partial charge on any atom is -0.475 e. The Bertz CT molecular complexity index is 318. The Morgan fingerprint density at radius 1 is 1.53 bits per heavy atom. The third-order valence-electron chi connectivity index (χ3n) is 1.93. The van der Waals surface area contributed by atoms with E-state index in [0.717, 1.165) is 12.1 Å². The van der Waals surface area contributed by atoms with Crippen LogP contribution in [0.1, 0.15) is 5.56 Å². The lowest BCUT2D eigenvalue weighted by Gasteiger charge is -2.12. The van der Waals surface area contributed by atoms with Crippen molar-refractivity contribution in [2.24, 2.45) is 5.73 Å². The van der Waals surface area contributed by atoms with Crippen LogP contribution in [0.25, 0.3) is 0 Å². The van der Waals surface area contributed by atoms with Crippen LogP contribution in [0.15, 0.2) is 12.3 Å². The first-order valence-corrected chi connectivity index (χ1v) is 5.14. The van der Waals surface area contributed by atoms with E-state index in [9.17, 15) is 0 Å². The highest BCUT2D eigenvalue weighted by atomic mass is 35.5. The summed E-state index contributed by atoms with van der Waals surface area (Å²) in [6.07, 6.45) is 1.65. The number of nitrogens with two attached hydrogens (primary N) is 1. The number of hydrogen-bond donors (Lipinski definition) is 1. The minimum atomic E-state index is 0.394. The largest absolute Gasteiger partial charge is 0.475 e. The molecule has 0 aliphatic heterocycles. The Morgan fingerprint density at radius 2 is 2.27 bits per heavy atom. The molecule has 0 saturated heterocycles. The van der Waals surface area contributed by atoms with E-state index >= 15 is 0 Å². The van der Waals surface area contributed by atoms with Gasteiger partial charge in [0.2, 0.25) is 5.88 Å². The van der Waals surface area contributed by atoms with Crippen LogP contribution in [0.2, 0.25) is 5.02 Å². The molecule has 1 heterocycles. The van der Waals surface area contributed by atoms with Crippen LogP contribution in [0, 0.1) is 0 Å². The molecule has 0 aromatic carbocycles. The highest BCUT2D eigenvalue weighted by molar-refractivity contribution is 6.32. The highest BCUT2D eigenvalue weighted by Crippen LogP contribution is 2.24. The van der Waals surface area contributed by atoms with Crippen molar-refractivity contribution in [1.29, 1.82) is 0 Å². The number of ether oxygens (including phenoxy) is 1. The van der Waals surface area contributed by atoms with Crippen LogP contribution >= 0.6 is 11.6 Å². The molecule has 1 aromatic heterocycles. The van der Waals surface area contributed by atoms with Crippen molar-refractivity contribution in [2.75, 3.05) is 27.2 Å². The SMILES string of the molecule is CN(C)CCOc1nccc(CN)c1Cl. The predicted molar refractivity (Wildman–Crippen MR) is 61.2 cm³/mol. The fourth-order valence-electron chi connectivity index (χ4n) is 1.05. The maximum atomic E-state index is 6.04. The smallest absolute Gasteiger partial charge is 0.232 e. The van der Waals surface area contributed by atoms with Crippen molar-refractivity contribution in [3.63, 3.8) is 0 Å². The molecule has 5 heteroatoms. The fraction of sp³-hybridized carbons (Fsp3) is 0.500. The van der Waals surface area contributed by atoms with E-state index in [4.69, 9.17) is 22.1 Å². The summed E-state index contributed by atoms with van der Waals surface area (Å²) in [7, 11) is 3.96. The average molecular weight is 230 g/mol. The Hall–Kier alpha value is -0.840. The molecule has 1 rings (SSSR count). The summed E-state index contributed by atoms with van der Waals surface area (Å²) in [6.45, 7) is 1.78. The fourth-order valence-corrected chi connectivity index (χ4v) is 1.29. The highest BCUT2D eigenvalue weighted by Gasteiger charge is 2.07. The van der Waals surface area contributed by atoms with Gasteiger partial charge in [-0.1, -0.05) is 11.6 Å². The topological polar surface area (TPSA) is 51.4 Å². The molecule has 0 radical (unpaired) electrons. The first kappa shape index (κ1) is 12.2. The molecule has 0 unspecified atom stereocenters. The Labute approximate surface area is 95.0 Å². The maximum absolute atomic E-state index is 6.04. The zero-order valence-corrected chi connectivity index (χ0v) is 9.79. The molecule has 0 aliphatic carbocycles. The van der Waals surface area contributed by atoms with Crippen LogP contribution in [0.3, 0.4) is 0 Å². The lowest BCUT2D eigenvalue weighted by molar-refractivity contribution is 0.254. The minimum absolute atomic E-state index is 0.394. The van der Waals surface area contributed by atoms with E-state index in [1.807, 2.05) is 19.0 Å². The van der Waals surface area contributed by atoms with Gasteiger partial charge in [-0.15, -0.1) is 0 Å². The van der Waals surface area contributed by atoms with Crippen LogP contribution in [-0.4, -0.2) is 37.1 Å². The van der Waals surface area contributed by atoms with Crippen molar-refractivity contribution in [3.8, 4) is 5.88 Å². The number of nitrogens with zero attached hydrogens (tertiary/aromatic N) is 2. The number of likely N-dealkylation sites (N-methyl/N-ethyl adjacent to an activating group) is 1. The quantitative estimate of drug-likeness (QED) is 0.823. The van der Waals surface area contributed by atoms with Crippen LogP contribution in [-0.2, 0) is 6.54 Å². The zero-order chi connectivity index (χ0) is 11.3. The summed E-state index contributed by atoms with van der Waals surface area (Å²) in [5, 5.41) is 0.513. The molecule has 15 heavy (non-hydrogen) atoms. The van der Waals surface area contributed by atoms with Crippen LogP contribution in [0.4, 0.5) is 0 Å². The number of pyridine rings is 1. The third kappa shape index (κ3) is 3.66. The van der Waals surface area contributed by atoms with Gasteiger partial charge in [-0.25, -0.2) is 4.98 Å². The van der Waals surface area contributed by atoms with Crippen molar-refractivity contribution in [3.05, 3.63) is 22.8 Å².